The van der Waals surface area contributed by atoms with Crippen molar-refractivity contribution >= 4 is 34.3 Å². The van der Waals surface area contributed by atoms with Gasteiger partial charge in [-0.3, -0.25) is 9.98 Å². The van der Waals surface area contributed by atoms with Gasteiger partial charge in [0.05, 0.1) is 29.9 Å². The molecule has 0 aromatic carbocycles. The number of rotatable bonds is 6. The number of fused-ring (bicyclic) bond motifs is 1. The standard InChI is InChI=1S/C22H20N10/c1-14(2)30-19-7-21(32-22-16(10-29-32)6-15(8-23)9-28-22)27-12-18(19)20(31-24)13-26-17-4-3-5-25-11-17/h3-7,9-14H,24H2,1-2H3,(H,27,30). The predicted octanol–water partition coefficient (Wildman–Crippen LogP) is 2.97. The largest absolute Gasteiger partial charge is 0.382 e. The molecule has 0 saturated carbocycles. The second-order valence-electron chi connectivity index (χ2n) is 7.18. The molecule has 0 aliphatic rings. The van der Waals surface area contributed by atoms with Crippen LogP contribution in [0.15, 0.2) is 65.3 Å². The third-order valence-electron chi connectivity index (χ3n) is 4.48. The third-order valence-corrected chi connectivity index (χ3v) is 4.48. The molecule has 0 bridgehead atoms. The molecular formula is C22H20N10. The van der Waals surface area contributed by atoms with Crippen molar-refractivity contribution in [3.8, 4) is 11.9 Å². The number of hydrazone groups is 1. The van der Waals surface area contributed by atoms with E-state index in [2.05, 4.69) is 41.5 Å². The molecule has 0 spiro atoms. The van der Waals surface area contributed by atoms with Gasteiger partial charge >= 0.3 is 0 Å². The molecule has 4 aromatic rings. The maximum absolute atomic E-state index is 9.09. The highest BCUT2D eigenvalue weighted by molar-refractivity contribution is 6.39. The van der Waals surface area contributed by atoms with E-state index in [1.54, 1.807) is 47.8 Å². The van der Waals surface area contributed by atoms with E-state index in [4.69, 9.17) is 11.1 Å². The Morgan fingerprint density at radius 3 is 2.81 bits per heavy atom. The van der Waals surface area contributed by atoms with Crippen LogP contribution >= 0.6 is 0 Å². The maximum atomic E-state index is 9.09. The van der Waals surface area contributed by atoms with Crippen LogP contribution in [0.1, 0.15) is 25.0 Å². The van der Waals surface area contributed by atoms with Crippen LogP contribution in [-0.4, -0.2) is 42.7 Å². The highest BCUT2D eigenvalue weighted by Crippen LogP contribution is 2.22. The number of hydrogen-bond donors (Lipinski definition) is 2. The number of nitrogens with two attached hydrogens (primary N) is 1. The lowest BCUT2D eigenvalue weighted by Crippen LogP contribution is -2.17. The van der Waals surface area contributed by atoms with Gasteiger partial charge in [0.25, 0.3) is 0 Å². The fourth-order valence-corrected chi connectivity index (χ4v) is 3.08. The van der Waals surface area contributed by atoms with Crippen molar-refractivity contribution in [2.24, 2.45) is 15.9 Å². The molecule has 3 N–H and O–H groups in total. The zero-order valence-electron chi connectivity index (χ0n) is 17.5. The first-order valence-corrected chi connectivity index (χ1v) is 9.82. The van der Waals surface area contributed by atoms with Crippen molar-refractivity contribution in [2.75, 3.05) is 5.32 Å². The van der Waals surface area contributed by atoms with Gasteiger partial charge in [0.1, 0.15) is 11.8 Å². The quantitative estimate of drug-likeness (QED) is 0.275. The van der Waals surface area contributed by atoms with E-state index in [-0.39, 0.29) is 6.04 Å². The maximum Gasteiger partial charge on any atom is 0.164 e. The second kappa shape index (κ2) is 9.01. The van der Waals surface area contributed by atoms with Crippen molar-refractivity contribution in [3.05, 3.63) is 66.4 Å². The Balaban J connectivity index is 1.75. The van der Waals surface area contributed by atoms with Crippen LogP contribution in [0, 0.1) is 11.3 Å². The van der Waals surface area contributed by atoms with Crippen molar-refractivity contribution in [2.45, 2.75) is 19.9 Å². The summed E-state index contributed by atoms with van der Waals surface area (Å²) in [4.78, 5) is 17.4. The lowest BCUT2D eigenvalue weighted by Gasteiger charge is -2.15. The molecule has 0 fully saturated rings. The topological polar surface area (TPSA) is 143 Å². The number of hydrogen-bond acceptors (Lipinski definition) is 9. The number of aliphatic imine (C=N–C) groups is 1. The van der Waals surface area contributed by atoms with Crippen molar-refractivity contribution in [1.29, 1.82) is 5.26 Å². The minimum Gasteiger partial charge on any atom is -0.382 e. The van der Waals surface area contributed by atoms with Crippen LogP contribution < -0.4 is 11.2 Å². The second-order valence-corrected chi connectivity index (χ2v) is 7.18. The normalized spacial score (nSPS) is 11.9. The van der Waals surface area contributed by atoms with E-state index in [9.17, 15) is 0 Å². The minimum absolute atomic E-state index is 0.143. The summed E-state index contributed by atoms with van der Waals surface area (Å²) in [5, 5.41) is 21.5. The van der Waals surface area contributed by atoms with Crippen LogP contribution in [0.3, 0.4) is 0 Å². The summed E-state index contributed by atoms with van der Waals surface area (Å²) in [6.07, 6.45) is 9.73. The number of nitrogens with one attached hydrogen (secondary N) is 1. The molecule has 0 amide bonds. The van der Waals surface area contributed by atoms with Gasteiger partial charge < -0.3 is 11.2 Å². The van der Waals surface area contributed by atoms with E-state index in [0.29, 0.717) is 34.0 Å². The molecule has 4 aromatic heterocycles. The van der Waals surface area contributed by atoms with Crippen LogP contribution in [0.2, 0.25) is 0 Å². The number of anilines is 1. The fraction of sp³-hybridized carbons (Fsp3) is 0.136. The van der Waals surface area contributed by atoms with Crippen LogP contribution in [0.5, 0.6) is 0 Å². The van der Waals surface area contributed by atoms with Gasteiger partial charge in [-0.05, 0) is 32.0 Å². The van der Waals surface area contributed by atoms with Gasteiger partial charge in [-0.15, -0.1) is 0 Å². The zero-order valence-corrected chi connectivity index (χ0v) is 17.5. The number of nitriles is 1. The summed E-state index contributed by atoms with van der Waals surface area (Å²) in [7, 11) is 0. The van der Waals surface area contributed by atoms with Crippen LogP contribution in [0.4, 0.5) is 11.4 Å². The third kappa shape index (κ3) is 4.27. The summed E-state index contributed by atoms with van der Waals surface area (Å²) in [5.74, 6) is 6.23. The molecule has 32 heavy (non-hydrogen) atoms. The smallest absolute Gasteiger partial charge is 0.164 e. The lowest BCUT2D eigenvalue weighted by atomic mass is 10.1. The Hall–Kier alpha value is -4.65. The molecule has 158 valence electrons. The lowest BCUT2D eigenvalue weighted by molar-refractivity contribution is 0.857. The summed E-state index contributed by atoms with van der Waals surface area (Å²) < 4.78 is 1.62. The molecule has 4 heterocycles. The van der Waals surface area contributed by atoms with E-state index in [0.717, 1.165) is 11.1 Å². The van der Waals surface area contributed by atoms with Crippen LogP contribution in [0.25, 0.3) is 16.9 Å². The average Bonchev–Trinajstić information content (AvgIpc) is 3.23. The van der Waals surface area contributed by atoms with E-state index in [1.807, 2.05) is 26.0 Å². The van der Waals surface area contributed by atoms with Gasteiger partial charge in [0, 0.05) is 47.3 Å². The molecule has 0 atom stereocenters. The predicted molar refractivity (Wildman–Crippen MR) is 123 cm³/mol. The molecule has 0 unspecified atom stereocenters. The van der Waals surface area contributed by atoms with Gasteiger partial charge in [0.15, 0.2) is 11.5 Å². The first-order valence-electron chi connectivity index (χ1n) is 9.82. The van der Waals surface area contributed by atoms with Crippen molar-refractivity contribution < 1.29 is 0 Å². The van der Waals surface area contributed by atoms with Gasteiger partial charge in [-0.25, -0.2) is 9.97 Å². The van der Waals surface area contributed by atoms with Crippen molar-refractivity contribution in [3.63, 3.8) is 0 Å². The molecule has 0 aliphatic heterocycles. The summed E-state index contributed by atoms with van der Waals surface area (Å²) in [5.41, 5.74) is 3.67. The van der Waals surface area contributed by atoms with E-state index >= 15 is 0 Å². The average molecular weight is 424 g/mol. The SMILES string of the molecule is CC(C)Nc1cc(-n2ncc3cc(C#N)cnc32)ncc1C(C=Nc1cccnc1)=NN. The summed E-state index contributed by atoms with van der Waals surface area (Å²) in [6.45, 7) is 4.06. The Bertz CT molecular complexity index is 1350. The first kappa shape index (κ1) is 20.6. The van der Waals surface area contributed by atoms with E-state index in [1.165, 1.54) is 6.20 Å². The van der Waals surface area contributed by atoms with Crippen LogP contribution in [-0.2, 0) is 0 Å². The number of pyridine rings is 3. The highest BCUT2D eigenvalue weighted by Gasteiger charge is 2.15. The fourth-order valence-electron chi connectivity index (χ4n) is 3.08. The number of nitrogens with zero attached hydrogens (tertiary/aromatic N) is 8. The first-order chi connectivity index (χ1) is 15.6. The molecule has 10 heteroatoms. The molecule has 0 aliphatic carbocycles. The van der Waals surface area contributed by atoms with Gasteiger partial charge in [-0.2, -0.15) is 20.1 Å². The molecular weight excluding hydrogens is 404 g/mol. The molecule has 0 radical (unpaired) electrons. The monoisotopic (exact) mass is 424 g/mol. The Morgan fingerprint density at radius 1 is 1.22 bits per heavy atom. The Kier molecular flexibility index (Phi) is 5.81. The van der Waals surface area contributed by atoms with Gasteiger partial charge in [0.2, 0.25) is 0 Å². The zero-order chi connectivity index (χ0) is 22.5. The molecule has 10 nitrogen and oxygen atoms in total. The summed E-state index contributed by atoms with van der Waals surface area (Å²) in [6, 6.07) is 9.45. The molecule has 0 saturated heterocycles. The van der Waals surface area contributed by atoms with Crippen molar-refractivity contribution in [1.82, 2.24) is 24.7 Å². The molecule has 4 rings (SSSR count). The highest BCUT2D eigenvalue weighted by atomic mass is 15.3. The van der Waals surface area contributed by atoms with E-state index < -0.39 is 0 Å². The van der Waals surface area contributed by atoms with Gasteiger partial charge in [-0.1, -0.05) is 0 Å². The summed E-state index contributed by atoms with van der Waals surface area (Å²) >= 11 is 0. The number of aromatic nitrogens is 5. The minimum atomic E-state index is 0.143. The Morgan fingerprint density at radius 2 is 2.09 bits per heavy atom. The Labute approximate surface area is 184 Å².